The predicted molar refractivity (Wildman–Crippen MR) is 116 cm³/mol. The van der Waals surface area contributed by atoms with Crippen molar-refractivity contribution in [3.05, 3.63) is 101 Å². The Morgan fingerprint density at radius 1 is 1.09 bits per heavy atom. The fourth-order valence-electron chi connectivity index (χ4n) is 3.90. The van der Waals surface area contributed by atoms with Crippen LogP contribution in [-0.2, 0) is 16.1 Å². The minimum absolute atomic E-state index is 0.0415. The number of ketones is 1. The Balaban J connectivity index is 1.86. The Hall–Kier alpha value is -4.00. The molecule has 2 heterocycles. The average Bonchev–Trinajstić information content (AvgIpc) is 3.04. The summed E-state index contributed by atoms with van der Waals surface area (Å²) in [5.41, 5.74) is 2.40. The second-order valence-corrected chi connectivity index (χ2v) is 7.52. The van der Waals surface area contributed by atoms with Crippen molar-refractivity contribution >= 4 is 17.4 Å². The number of pyridine rings is 1. The second kappa shape index (κ2) is 8.63. The maximum atomic E-state index is 13.6. The summed E-state index contributed by atoms with van der Waals surface area (Å²) in [6.45, 7) is 1.95. The molecule has 162 valence electrons. The third kappa shape index (κ3) is 3.85. The number of carbonyl (C=O) groups excluding carboxylic acids is 2. The first-order chi connectivity index (χ1) is 15.4. The van der Waals surface area contributed by atoms with E-state index in [1.807, 2.05) is 6.92 Å². The van der Waals surface area contributed by atoms with Gasteiger partial charge in [0.25, 0.3) is 11.7 Å². The van der Waals surface area contributed by atoms with Gasteiger partial charge < -0.3 is 14.7 Å². The van der Waals surface area contributed by atoms with Gasteiger partial charge in [0.2, 0.25) is 0 Å². The molecule has 1 saturated heterocycles. The summed E-state index contributed by atoms with van der Waals surface area (Å²) in [6, 6.07) is 13.2. The largest absolute Gasteiger partial charge is 0.507 e. The molecular weight excluding hydrogens is 411 g/mol. The molecule has 4 rings (SSSR count). The third-order valence-electron chi connectivity index (χ3n) is 5.50. The van der Waals surface area contributed by atoms with Crippen molar-refractivity contribution in [2.45, 2.75) is 19.5 Å². The van der Waals surface area contributed by atoms with E-state index in [1.165, 1.54) is 29.2 Å². The van der Waals surface area contributed by atoms with E-state index in [-0.39, 0.29) is 17.9 Å². The molecule has 3 aromatic rings. The molecule has 1 fully saturated rings. The van der Waals surface area contributed by atoms with E-state index in [0.717, 1.165) is 11.1 Å². The van der Waals surface area contributed by atoms with Crippen LogP contribution in [0.2, 0.25) is 0 Å². The van der Waals surface area contributed by atoms with E-state index in [0.29, 0.717) is 16.9 Å². The predicted octanol–water partition coefficient (Wildman–Crippen LogP) is 4.16. The molecule has 1 aromatic heterocycles. The first kappa shape index (κ1) is 21.2. The molecule has 7 heteroatoms. The highest BCUT2D eigenvalue weighted by atomic mass is 19.1. The molecule has 0 aliphatic carbocycles. The van der Waals surface area contributed by atoms with Gasteiger partial charge in [0.1, 0.15) is 17.3 Å². The van der Waals surface area contributed by atoms with Gasteiger partial charge in [-0.2, -0.15) is 0 Å². The molecule has 1 amide bonds. The smallest absolute Gasteiger partial charge is 0.295 e. The first-order valence-corrected chi connectivity index (χ1v) is 9.98. The number of aromatic nitrogens is 1. The summed E-state index contributed by atoms with van der Waals surface area (Å²) >= 11 is 0. The van der Waals surface area contributed by atoms with Crippen molar-refractivity contribution in [2.75, 3.05) is 7.11 Å². The van der Waals surface area contributed by atoms with Crippen LogP contribution < -0.4 is 4.74 Å². The molecule has 0 bridgehead atoms. The lowest BCUT2D eigenvalue weighted by atomic mass is 9.94. The molecular formula is C25H21FN2O4. The lowest BCUT2D eigenvalue weighted by Gasteiger charge is -2.25. The number of likely N-dealkylation sites (tertiary alicyclic amines) is 1. The average molecular weight is 432 g/mol. The van der Waals surface area contributed by atoms with E-state index in [2.05, 4.69) is 4.98 Å². The molecule has 6 nitrogen and oxygen atoms in total. The summed E-state index contributed by atoms with van der Waals surface area (Å²) in [4.78, 5) is 31.4. The van der Waals surface area contributed by atoms with Crippen LogP contribution in [0.4, 0.5) is 4.39 Å². The zero-order valence-corrected chi connectivity index (χ0v) is 17.6. The second-order valence-electron chi connectivity index (χ2n) is 7.52. The minimum atomic E-state index is -0.869. The Labute approximate surface area is 184 Å². The summed E-state index contributed by atoms with van der Waals surface area (Å²) in [5, 5.41) is 11.1. The van der Waals surface area contributed by atoms with E-state index in [4.69, 9.17) is 4.74 Å². The van der Waals surface area contributed by atoms with Crippen molar-refractivity contribution in [1.82, 2.24) is 9.88 Å². The van der Waals surface area contributed by atoms with Gasteiger partial charge in [-0.1, -0.05) is 12.1 Å². The molecule has 0 spiro atoms. The van der Waals surface area contributed by atoms with Gasteiger partial charge in [-0.3, -0.25) is 14.6 Å². The molecule has 1 N–H and O–H groups in total. The zero-order valence-electron chi connectivity index (χ0n) is 17.6. The maximum Gasteiger partial charge on any atom is 0.295 e. The van der Waals surface area contributed by atoms with Crippen LogP contribution in [0.25, 0.3) is 5.76 Å². The van der Waals surface area contributed by atoms with Crippen molar-refractivity contribution in [1.29, 1.82) is 0 Å². The molecule has 1 aliphatic heterocycles. The van der Waals surface area contributed by atoms with Crippen molar-refractivity contribution in [3.63, 3.8) is 0 Å². The van der Waals surface area contributed by atoms with Gasteiger partial charge in [0.05, 0.1) is 18.7 Å². The number of hydrogen-bond donors (Lipinski definition) is 1. The first-order valence-electron chi connectivity index (χ1n) is 9.98. The summed E-state index contributed by atoms with van der Waals surface area (Å²) in [7, 11) is 1.54. The number of carbonyl (C=O) groups is 2. The molecule has 1 aliphatic rings. The number of hydrogen-bond acceptors (Lipinski definition) is 5. The van der Waals surface area contributed by atoms with E-state index in [1.54, 1.807) is 49.8 Å². The van der Waals surface area contributed by atoms with Crippen LogP contribution in [0.5, 0.6) is 5.75 Å². The summed E-state index contributed by atoms with van der Waals surface area (Å²) < 4.78 is 18.8. The Morgan fingerprint density at radius 2 is 1.78 bits per heavy atom. The van der Waals surface area contributed by atoms with Crippen LogP contribution in [0.1, 0.15) is 28.3 Å². The van der Waals surface area contributed by atoms with Crippen LogP contribution in [0.15, 0.2) is 72.6 Å². The van der Waals surface area contributed by atoms with Crippen molar-refractivity contribution < 1.29 is 23.8 Å². The molecule has 2 aromatic carbocycles. The van der Waals surface area contributed by atoms with Crippen molar-refractivity contribution in [3.8, 4) is 5.75 Å². The highest BCUT2D eigenvalue weighted by Crippen LogP contribution is 2.40. The maximum absolute atomic E-state index is 13.6. The highest BCUT2D eigenvalue weighted by molar-refractivity contribution is 6.46. The third-order valence-corrected chi connectivity index (χ3v) is 5.50. The number of aryl methyl sites for hydroxylation is 1. The van der Waals surface area contributed by atoms with Gasteiger partial charge in [0.15, 0.2) is 0 Å². The fourth-order valence-corrected chi connectivity index (χ4v) is 3.90. The van der Waals surface area contributed by atoms with E-state index < -0.39 is 23.5 Å². The zero-order chi connectivity index (χ0) is 22.8. The number of nitrogens with zero attached hydrogens (tertiary/aromatic N) is 2. The van der Waals surface area contributed by atoms with Crippen LogP contribution in [0, 0.1) is 12.7 Å². The number of amides is 1. The van der Waals surface area contributed by atoms with Gasteiger partial charge in [0, 0.05) is 24.5 Å². The molecule has 1 unspecified atom stereocenters. The number of Topliss-reactive ketones (excluding diaryl/α,β-unsaturated/α-hetero) is 1. The minimum Gasteiger partial charge on any atom is -0.507 e. The number of aliphatic hydroxyl groups is 1. The lowest BCUT2D eigenvalue weighted by Crippen LogP contribution is -2.29. The molecule has 32 heavy (non-hydrogen) atoms. The Kier molecular flexibility index (Phi) is 5.73. The molecule has 0 saturated carbocycles. The molecule has 0 radical (unpaired) electrons. The van der Waals surface area contributed by atoms with Crippen LogP contribution >= 0.6 is 0 Å². The quantitative estimate of drug-likeness (QED) is 0.372. The van der Waals surface area contributed by atoms with Crippen molar-refractivity contribution in [2.24, 2.45) is 0 Å². The number of methoxy groups -OCH3 is 1. The summed E-state index contributed by atoms with van der Waals surface area (Å²) in [5.74, 6) is -1.62. The number of halogens is 1. The number of ether oxygens (including phenoxy) is 1. The Morgan fingerprint density at radius 3 is 2.41 bits per heavy atom. The SMILES string of the molecule is COc1ccc(/C(O)=C2/C(=O)C(=O)N(Cc3ccncc3)C2c2ccc(F)cc2)cc1C. The number of benzene rings is 2. The van der Waals surface area contributed by atoms with Gasteiger partial charge in [-0.15, -0.1) is 0 Å². The Bertz CT molecular complexity index is 1210. The standard InChI is InChI=1S/C25H21FN2O4/c1-15-13-18(5-8-20(15)32-2)23(29)21-22(17-3-6-19(26)7-4-17)28(25(31)24(21)30)14-16-9-11-27-12-10-16/h3-13,22,29H,14H2,1-2H3/b23-21-. The van der Waals surface area contributed by atoms with Crippen LogP contribution in [0.3, 0.4) is 0 Å². The normalized spacial score (nSPS) is 17.6. The molecule has 1 atom stereocenters. The topological polar surface area (TPSA) is 79.7 Å². The highest BCUT2D eigenvalue weighted by Gasteiger charge is 2.46. The number of rotatable bonds is 5. The van der Waals surface area contributed by atoms with E-state index >= 15 is 0 Å². The monoisotopic (exact) mass is 432 g/mol. The van der Waals surface area contributed by atoms with Crippen LogP contribution in [-0.4, -0.2) is 33.8 Å². The van der Waals surface area contributed by atoms with E-state index in [9.17, 15) is 19.1 Å². The fraction of sp³-hybridized carbons (Fsp3) is 0.160. The number of aliphatic hydroxyl groups excluding tert-OH is 1. The van der Waals surface area contributed by atoms with Gasteiger partial charge in [-0.05, 0) is 66.1 Å². The van der Waals surface area contributed by atoms with Gasteiger partial charge >= 0.3 is 0 Å². The lowest BCUT2D eigenvalue weighted by molar-refractivity contribution is -0.140. The van der Waals surface area contributed by atoms with Gasteiger partial charge in [-0.25, -0.2) is 4.39 Å². The summed E-state index contributed by atoms with van der Waals surface area (Å²) in [6.07, 6.45) is 3.19.